The summed E-state index contributed by atoms with van der Waals surface area (Å²) in [5.41, 5.74) is 0.526. The van der Waals surface area contributed by atoms with Crippen molar-refractivity contribution in [1.29, 1.82) is 0 Å². The third-order valence-corrected chi connectivity index (χ3v) is 4.59. The topological polar surface area (TPSA) is 15.7 Å². The van der Waals surface area contributed by atoms with E-state index in [4.69, 9.17) is 16.5 Å². The number of para-hydroxylation sites is 1. The molecule has 0 atom stereocenters. The van der Waals surface area contributed by atoms with Crippen LogP contribution in [-0.4, -0.2) is 48.6 Å². The molecule has 0 aromatic heterocycles. The lowest BCUT2D eigenvalue weighted by Gasteiger charge is -2.51. The van der Waals surface area contributed by atoms with Crippen LogP contribution in [0.3, 0.4) is 0 Å². The molecule has 1 spiro atoms. The molecule has 0 saturated carbocycles. The van der Waals surface area contributed by atoms with Crippen LogP contribution in [0.25, 0.3) is 0 Å². The number of nitrogens with zero attached hydrogens (tertiary/aromatic N) is 2. The van der Waals surface area contributed by atoms with Crippen LogP contribution < -0.4 is 4.74 Å². The van der Waals surface area contributed by atoms with Crippen molar-refractivity contribution in [2.24, 2.45) is 5.41 Å². The Bertz CT molecular complexity index is 396. The van der Waals surface area contributed by atoms with E-state index >= 15 is 0 Å². The number of ether oxygens (including phenoxy) is 1. The Kier molecular flexibility index (Phi) is 3.96. The summed E-state index contributed by atoms with van der Waals surface area (Å²) in [5, 5.41) is 0. The van der Waals surface area contributed by atoms with Crippen molar-refractivity contribution in [3.63, 3.8) is 0 Å². The van der Waals surface area contributed by atoms with E-state index in [1.54, 1.807) is 0 Å². The monoisotopic (exact) mass is 280 g/mol. The van der Waals surface area contributed by atoms with Gasteiger partial charge < -0.3 is 4.74 Å². The third kappa shape index (κ3) is 3.22. The van der Waals surface area contributed by atoms with Gasteiger partial charge in [-0.05, 0) is 49.8 Å². The van der Waals surface area contributed by atoms with Crippen LogP contribution in [0.15, 0.2) is 30.3 Å². The summed E-state index contributed by atoms with van der Waals surface area (Å²) in [6.45, 7) is 6.31. The Labute approximate surface area is 120 Å². The summed E-state index contributed by atoms with van der Waals surface area (Å²) in [6.07, 6.45) is 2.56. The van der Waals surface area contributed by atoms with Gasteiger partial charge in [0.2, 0.25) is 0 Å². The highest BCUT2D eigenvalue weighted by molar-refractivity contribution is 6.13. The molecule has 0 bridgehead atoms. The van der Waals surface area contributed by atoms with Gasteiger partial charge in [0, 0.05) is 25.0 Å². The molecule has 3 nitrogen and oxygen atoms in total. The summed E-state index contributed by atoms with van der Waals surface area (Å²) < 4.78 is 7.66. The molecule has 104 valence electrons. The van der Waals surface area contributed by atoms with Crippen molar-refractivity contribution in [2.75, 3.05) is 39.3 Å². The van der Waals surface area contributed by atoms with E-state index in [1.165, 1.54) is 25.9 Å². The minimum absolute atomic E-state index is 0.526. The smallest absolute Gasteiger partial charge is 0.119 e. The first-order valence-electron chi connectivity index (χ1n) is 7.07. The summed E-state index contributed by atoms with van der Waals surface area (Å²) in [7, 11) is 0. The average Bonchev–Trinajstić information content (AvgIpc) is 2.41. The molecule has 2 heterocycles. The van der Waals surface area contributed by atoms with Crippen LogP contribution in [0, 0.1) is 5.41 Å². The number of hydrogen-bond acceptors (Lipinski definition) is 3. The largest absolute Gasteiger partial charge is 0.492 e. The van der Waals surface area contributed by atoms with Gasteiger partial charge >= 0.3 is 0 Å². The van der Waals surface area contributed by atoms with E-state index in [0.29, 0.717) is 5.41 Å². The normalized spacial score (nSPS) is 23.2. The van der Waals surface area contributed by atoms with Crippen LogP contribution in [0.5, 0.6) is 5.75 Å². The molecular weight excluding hydrogens is 260 g/mol. The Balaban J connectivity index is 1.36. The Hall–Kier alpha value is -0.770. The van der Waals surface area contributed by atoms with Gasteiger partial charge in [0.05, 0.1) is 0 Å². The van der Waals surface area contributed by atoms with Gasteiger partial charge in [0.1, 0.15) is 12.4 Å². The first kappa shape index (κ1) is 13.2. The van der Waals surface area contributed by atoms with Crippen molar-refractivity contribution in [1.82, 2.24) is 9.32 Å². The Morgan fingerprint density at radius 3 is 2.42 bits per heavy atom. The van der Waals surface area contributed by atoms with E-state index in [1.807, 2.05) is 34.8 Å². The number of benzene rings is 1. The molecule has 0 N–H and O–H groups in total. The van der Waals surface area contributed by atoms with Crippen LogP contribution in [0.1, 0.15) is 12.8 Å². The molecule has 0 radical (unpaired) electrons. The summed E-state index contributed by atoms with van der Waals surface area (Å²) in [4.78, 5) is 2.51. The highest BCUT2D eigenvalue weighted by Crippen LogP contribution is 2.41. The van der Waals surface area contributed by atoms with E-state index in [2.05, 4.69) is 4.90 Å². The summed E-state index contributed by atoms with van der Waals surface area (Å²) in [5.74, 6) is 0.966. The second-order valence-electron chi connectivity index (χ2n) is 5.78. The lowest BCUT2D eigenvalue weighted by Crippen LogP contribution is -2.57. The van der Waals surface area contributed by atoms with Gasteiger partial charge in [0.25, 0.3) is 0 Å². The maximum absolute atomic E-state index is 5.96. The molecule has 2 fully saturated rings. The van der Waals surface area contributed by atoms with E-state index in [9.17, 15) is 0 Å². The molecule has 1 aromatic carbocycles. The van der Waals surface area contributed by atoms with Crippen molar-refractivity contribution >= 4 is 11.8 Å². The van der Waals surface area contributed by atoms with E-state index < -0.39 is 0 Å². The molecule has 0 aliphatic carbocycles. The molecule has 3 rings (SSSR count). The maximum atomic E-state index is 5.96. The molecule has 0 unspecified atom stereocenters. The molecule has 1 aromatic rings. The third-order valence-electron chi connectivity index (χ3n) is 4.35. The highest BCUT2D eigenvalue weighted by Gasteiger charge is 2.44. The second kappa shape index (κ2) is 5.70. The fourth-order valence-corrected chi connectivity index (χ4v) is 3.57. The van der Waals surface area contributed by atoms with Gasteiger partial charge in [-0.3, -0.25) is 4.90 Å². The Morgan fingerprint density at radius 1 is 1.11 bits per heavy atom. The van der Waals surface area contributed by atoms with Crippen molar-refractivity contribution in [2.45, 2.75) is 12.8 Å². The van der Waals surface area contributed by atoms with Crippen molar-refractivity contribution in [3.8, 4) is 5.75 Å². The van der Waals surface area contributed by atoms with Gasteiger partial charge in [-0.15, -0.1) is 0 Å². The zero-order valence-electron chi connectivity index (χ0n) is 11.2. The summed E-state index contributed by atoms with van der Waals surface area (Å²) in [6, 6.07) is 10.0. The first-order valence-corrected chi connectivity index (χ1v) is 7.41. The van der Waals surface area contributed by atoms with Crippen LogP contribution in [0.2, 0.25) is 0 Å². The standard InChI is InChI=1S/C15H21ClN2O/c16-18-12-15(13-18)6-8-17(9-7-15)10-11-19-14-4-2-1-3-5-14/h1-5H,6-13H2. The zero-order chi connectivity index (χ0) is 13.1. The van der Waals surface area contributed by atoms with E-state index in [0.717, 1.165) is 32.0 Å². The molecule has 2 saturated heterocycles. The van der Waals surface area contributed by atoms with Crippen molar-refractivity contribution in [3.05, 3.63) is 30.3 Å². The Morgan fingerprint density at radius 2 is 1.79 bits per heavy atom. The fraction of sp³-hybridized carbons (Fsp3) is 0.600. The van der Waals surface area contributed by atoms with Gasteiger partial charge in [0.15, 0.2) is 0 Å². The highest BCUT2D eigenvalue weighted by atomic mass is 35.5. The number of rotatable bonds is 4. The fourth-order valence-electron chi connectivity index (χ4n) is 3.06. The molecule has 0 amide bonds. The molecule has 4 heteroatoms. The first-order chi connectivity index (χ1) is 9.26. The zero-order valence-corrected chi connectivity index (χ0v) is 12.0. The predicted molar refractivity (Wildman–Crippen MR) is 77.5 cm³/mol. The quantitative estimate of drug-likeness (QED) is 0.789. The number of likely N-dealkylation sites (tertiary alicyclic amines) is 1. The summed E-state index contributed by atoms with van der Waals surface area (Å²) >= 11 is 5.96. The minimum atomic E-state index is 0.526. The molecule has 2 aliphatic heterocycles. The number of piperidine rings is 1. The molecule has 19 heavy (non-hydrogen) atoms. The van der Waals surface area contributed by atoms with Gasteiger partial charge in [-0.2, -0.15) is 0 Å². The van der Waals surface area contributed by atoms with Crippen LogP contribution in [0.4, 0.5) is 0 Å². The number of hydrogen-bond donors (Lipinski definition) is 0. The molecular formula is C15H21ClN2O. The minimum Gasteiger partial charge on any atom is -0.492 e. The lowest BCUT2D eigenvalue weighted by atomic mass is 9.73. The lowest BCUT2D eigenvalue weighted by molar-refractivity contribution is -0.000911. The van der Waals surface area contributed by atoms with Crippen LogP contribution >= 0.6 is 11.8 Å². The predicted octanol–water partition coefficient (Wildman–Crippen LogP) is 2.62. The number of halogens is 1. The second-order valence-corrected chi connectivity index (χ2v) is 6.26. The van der Waals surface area contributed by atoms with Gasteiger partial charge in [-0.25, -0.2) is 4.42 Å². The molecule has 2 aliphatic rings. The SMILES string of the molecule is ClN1CC2(CCN(CCOc3ccccc3)CC2)C1. The van der Waals surface area contributed by atoms with Gasteiger partial charge in [-0.1, -0.05) is 18.2 Å². The van der Waals surface area contributed by atoms with Crippen LogP contribution in [-0.2, 0) is 0 Å². The average molecular weight is 281 g/mol. The van der Waals surface area contributed by atoms with Crippen molar-refractivity contribution < 1.29 is 4.74 Å². The van der Waals surface area contributed by atoms with E-state index in [-0.39, 0.29) is 0 Å². The maximum Gasteiger partial charge on any atom is 0.119 e.